The minimum atomic E-state index is -1.75. The molecule has 0 aliphatic heterocycles. The van der Waals surface area contributed by atoms with Gasteiger partial charge in [-0.2, -0.15) is 0 Å². The van der Waals surface area contributed by atoms with E-state index >= 15 is 0 Å². The van der Waals surface area contributed by atoms with Crippen molar-refractivity contribution in [2.75, 3.05) is 7.11 Å². The van der Waals surface area contributed by atoms with E-state index in [2.05, 4.69) is 4.74 Å². The van der Waals surface area contributed by atoms with E-state index in [0.717, 1.165) is 0 Å². The Hall–Kier alpha value is -1.21. The molecule has 0 amide bonds. The summed E-state index contributed by atoms with van der Waals surface area (Å²) >= 11 is 0. The Balaban J connectivity index is -0.0000000522. The van der Waals surface area contributed by atoms with Crippen LogP contribution < -0.4 is 0 Å². The smallest absolute Gasteiger partial charge is 0.469 e. The summed E-state index contributed by atoms with van der Waals surface area (Å²) in [6.45, 7) is 1.36. The molecule has 0 aromatic heterocycles. The molecule has 14 heavy (non-hydrogen) atoms. The summed E-state index contributed by atoms with van der Waals surface area (Å²) < 4.78 is 4.11. The first kappa shape index (κ1) is 23.0. The summed E-state index contributed by atoms with van der Waals surface area (Å²) in [4.78, 5) is 26.1. The number of hydrogen-bond donors (Lipinski definition) is 0. The largest absolute Gasteiger partial charge is 2.00 e. The van der Waals surface area contributed by atoms with Crippen molar-refractivity contribution < 1.29 is 19.7 Å². The van der Waals surface area contributed by atoms with E-state index < -0.39 is 10.2 Å². The summed E-state index contributed by atoms with van der Waals surface area (Å²) in [7, 11) is 1.35. The molecule has 0 aliphatic carbocycles. The molecule has 0 bridgehead atoms. The summed E-state index contributed by atoms with van der Waals surface area (Å²) in [6, 6.07) is 0. The average molecular weight is 405 g/mol. The fourth-order valence-corrected chi connectivity index (χ4v) is 0. The number of carbonyl (C=O) groups excluding carboxylic acids is 1. The zero-order valence-electron chi connectivity index (χ0n) is 7.16. The number of hydrogen-bond acceptors (Lipinski definition) is 8. The zero-order chi connectivity index (χ0) is 11.4. The van der Waals surface area contributed by atoms with Gasteiger partial charge in [0.25, 0.3) is 0 Å². The van der Waals surface area contributed by atoms with Crippen LogP contribution in [0.1, 0.15) is 6.92 Å². The minimum absolute atomic E-state index is 0. The van der Waals surface area contributed by atoms with E-state index in [1.165, 1.54) is 14.0 Å². The van der Waals surface area contributed by atoms with Gasteiger partial charge in [-0.3, -0.25) is 4.79 Å². The number of rotatable bonds is 0. The number of methoxy groups -OCH3 is 1. The summed E-state index contributed by atoms with van der Waals surface area (Å²) in [6.07, 6.45) is 0. The van der Waals surface area contributed by atoms with Crippen molar-refractivity contribution in [2.45, 2.75) is 6.92 Å². The van der Waals surface area contributed by atoms with Gasteiger partial charge in [-0.05, 0) is 0 Å². The van der Waals surface area contributed by atoms with E-state index in [1.54, 1.807) is 0 Å². The number of carbonyl (C=O) groups is 1. The van der Waals surface area contributed by atoms with Gasteiger partial charge in [-0.15, -0.1) is 0 Å². The third-order valence-electron chi connectivity index (χ3n) is 0.287. The van der Waals surface area contributed by atoms with Gasteiger partial charge < -0.3 is 35.4 Å². The van der Waals surface area contributed by atoms with Crippen LogP contribution in [0.15, 0.2) is 0 Å². The van der Waals surface area contributed by atoms with Gasteiger partial charge in [-0.1, -0.05) is 0 Å². The molecule has 0 N–H and O–H groups in total. The summed E-state index contributed by atoms with van der Waals surface area (Å²) in [5, 5.41) is 29.5. The molecular weight excluding hydrogens is 399 g/mol. The first-order valence-electron chi connectivity index (χ1n) is 2.41. The van der Waals surface area contributed by atoms with E-state index in [9.17, 15) is 4.79 Å². The fourth-order valence-electron chi connectivity index (χ4n) is 0. The normalized spacial score (nSPS) is 5.86. The van der Waals surface area contributed by atoms with Gasteiger partial charge in [0.1, 0.15) is 0 Å². The van der Waals surface area contributed by atoms with Crippen molar-refractivity contribution in [3.63, 3.8) is 0 Å². The molecule has 0 fully saturated rings. The molecule has 2 radical (unpaired) electrons. The van der Waals surface area contributed by atoms with Crippen LogP contribution in [0.4, 0.5) is 0 Å². The maximum atomic E-state index is 9.59. The van der Waals surface area contributed by atoms with E-state index in [1.807, 2.05) is 0 Å². The van der Waals surface area contributed by atoms with Gasteiger partial charge in [0.15, 0.2) is 0 Å². The second-order valence-electron chi connectivity index (χ2n) is 1.14. The van der Waals surface area contributed by atoms with Crippen LogP contribution in [0.3, 0.4) is 0 Å². The first-order valence-corrected chi connectivity index (χ1v) is 2.41. The predicted octanol–water partition coefficient (Wildman–Crippen LogP) is -0.680. The van der Waals surface area contributed by atoms with Crippen molar-refractivity contribution >= 4 is 33.3 Å². The Bertz CT molecular complexity index is 152. The average Bonchev–Trinajstić information content (AvgIpc) is 1.84. The van der Waals surface area contributed by atoms with Crippen LogP contribution in [-0.4, -0.2) is 50.6 Å². The van der Waals surface area contributed by atoms with Crippen LogP contribution in [0.25, 0.3) is 0 Å². The quantitative estimate of drug-likeness (QED) is 0.222. The van der Waals surface area contributed by atoms with Gasteiger partial charge in [-0.25, -0.2) is 0 Å². The van der Waals surface area contributed by atoms with Crippen molar-refractivity contribution in [3.8, 4) is 0 Å². The Labute approximate surface area is 97.8 Å². The Morgan fingerprint density at radius 1 is 1.07 bits per heavy atom. The fraction of sp³-hybridized carbons (Fsp3) is 0.667. The second kappa shape index (κ2) is 17.8. The molecule has 0 aromatic rings. The molecular formula is C3H6N2O8Pb. The topological polar surface area (TPSA) is 159 Å². The monoisotopic (exact) mass is 406 g/mol. The van der Waals surface area contributed by atoms with Gasteiger partial charge in [0, 0.05) is 6.92 Å². The molecule has 10 nitrogen and oxygen atoms in total. The Morgan fingerprint density at radius 2 is 1.14 bits per heavy atom. The molecule has 0 unspecified atom stereocenters. The SMILES string of the molecule is COC(C)=O.O=[N+]([O-])[O-].O=[N+]([O-])[O-].[Pb+2]. The van der Waals surface area contributed by atoms with Crippen LogP contribution in [0.5, 0.6) is 0 Å². The Morgan fingerprint density at radius 3 is 1.14 bits per heavy atom. The summed E-state index contributed by atoms with van der Waals surface area (Å²) in [5.74, 6) is -0.245. The molecule has 0 aromatic carbocycles. The third-order valence-corrected chi connectivity index (χ3v) is 0.287. The summed E-state index contributed by atoms with van der Waals surface area (Å²) in [5.41, 5.74) is 0. The number of esters is 1. The van der Waals surface area contributed by atoms with Gasteiger partial charge in [0.2, 0.25) is 0 Å². The van der Waals surface area contributed by atoms with Crippen LogP contribution in [-0.2, 0) is 9.53 Å². The molecule has 0 aliphatic rings. The van der Waals surface area contributed by atoms with E-state index in [4.69, 9.17) is 30.6 Å². The van der Waals surface area contributed by atoms with Crippen LogP contribution in [0.2, 0.25) is 0 Å². The predicted molar refractivity (Wildman–Crippen MR) is 44.2 cm³/mol. The number of ether oxygens (including phenoxy) is 1. The molecule has 0 spiro atoms. The Kier molecular flexibility index (Phi) is 29.2. The second-order valence-corrected chi connectivity index (χ2v) is 1.14. The molecule has 0 saturated heterocycles. The van der Waals surface area contributed by atoms with Gasteiger partial charge in [0.05, 0.1) is 17.3 Å². The number of nitrogens with zero attached hydrogens (tertiary/aromatic N) is 2. The standard InChI is InChI=1S/C3H6O2.2NO3.Pb/c1-3(4)5-2;2*2-1(3)4;/h1-2H3;;;/q;2*-1;+2. The molecule has 0 rings (SSSR count). The van der Waals surface area contributed by atoms with Crippen molar-refractivity contribution in [1.29, 1.82) is 0 Å². The van der Waals surface area contributed by atoms with Crippen molar-refractivity contribution in [3.05, 3.63) is 30.6 Å². The molecule has 0 heterocycles. The van der Waals surface area contributed by atoms with E-state index in [-0.39, 0.29) is 33.3 Å². The maximum absolute atomic E-state index is 9.59. The maximum Gasteiger partial charge on any atom is 2.00 e. The van der Waals surface area contributed by atoms with Crippen LogP contribution >= 0.6 is 0 Å². The minimum Gasteiger partial charge on any atom is -0.469 e. The van der Waals surface area contributed by atoms with Crippen LogP contribution in [0, 0.1) is 30.6 Å². The molecule has 80 valence electrons. The van der Waals surface area contributed by atoms with Crippen molar-refractivity contribution in [1.82, 2.24) is 0 Å². The zero-order valence-corrected chi connectivity index (χ0v) is 11.0. The van der Waals surface area contributed by atoms with Crippen molar-refractivity contribution in [2.24, 2.45) is 0 Å². The molecule has 0 atom stereocenters. The third kappa shape index (κ3) is 1650. The first-order chi connectivity index (χ1) is 5.73. The van der Waals surface area contributed by atoms with E-state index in [0.29, 0.717) is 0 Å². The molecule has 11 heteroatoms. The molecule has 0 saturated carbocycles. The van der Waals surface area contributed by atoms with Gasteiger partial charge >= 0.3 is 33.3 Å².